The van der Waals surface area contributed by atoms with Crippen LogP contribution in [0.3, 0.4) is 0 Å². The van der Waals surface area contributed by atoms with Gasteiger partial charge in [0, 0.05) is 47.3 Å². The average Bonchev–Trinajstić information content (AvgIpc) is 3.58. The monoisotopic (exact) mass is 644 g/mol. The van der Waals surface area contributed by atoms with Crippen molar-refractivity contribution in [2.24, 2.45) is 0 Å². The lowest BCUT2D eigenvalue weighted by Gasteiger charge is -2.37. The fraction of sp³-hybridized carbons (Fsp3) is 0.243. The Balaban J connectivity index is 0.995. The van der Waals surface area contributed by atoms with Crippen molar-refractivity contribution < 1.29 is 13.5 Å². The molecule has 2 aliphatic rings. The van der Waals surface area contributed by atoms with E-state index in [9.17, 15) is 13.5 Å². The Labute approximate surface area is 274 Å². The van der Waals surface area contributed by atoms with Crippen LogP contribution in [0, 0.1) is 0 Å². The molecule has 9 nitrogen and oxygen atoms in total. The molecule has 4 unspecified atom stereocenters. The first kappa shape index (κ1) is 29.8. The number of rotatable bonds is 8. The first-order chi connectivity index (χ1) is 22.8. The highest BCUT2D eigenvalue weighted by Gasteiger charge is 2.43. The zero-order chi connectivity index (χ0) is 32.1. The van der Waals surface area contributed by atoms with Gasteiger partial charge in [-0.05, 0) is 91.5 Å². The molecule has 6 aromatic rings. The van der Waals surface area contributed by atoms with Crippen LogP contribution in [0.1, 0.15) is 24.8 Å². The maximum absolute atomic E-state index is 13.3. The van der Waals surface area contributed by atoms with Crippen LogP contribution in [-0.4, -0.2) is 63.6 Å². The molecule has 4 aromatic carbocycles. The zero-order valence-corrected chi connectivity index (χ0v) is 26.8. The lowest BCUT2D eigenvalue weighted by Crippen LogP contribution is -2.48. The van der Waals surface area contributed by atoms with E-state index in [4.69, 9.17) is 0 Å². The minimum atomic E-state index is -3.71. The van der Waals surface area contributed by atoms with Crippen molar-refractivity contribution >= 4 is 43.3 Å². The molecule has 10 heteroatoms. The highest BCUT2D eigenvalue weighted by atomic mass is 32.2. The third kappa shape index (κ3) is 5.57. The number of likely N-dealkylation sites (N-methyl/N-ethyl adjacent to an activating group) is 1. The quantitative estimate of drug-likeness (QED) is 0.187. The largest absolute Gasteiger partial charge is 0.391 e. The smallest absolute Gasteiger partial charge is 0.268 e. The number of anilines is 2. The molecule has 2 aromatic heterocycles. The van der Waals surface area contributed by atoms with E-state index in [0.29, 0.717) is 23.4 Å². The summed E-state index contributed by atoms with van der Waals surface area (Å²) < 4.78 is 27.8. The van der Waals surface area contributed by atoms with Gasteiger partial charge in [-0.25, -0.2) is 22.4 Å². The summed E-state index contributed by atoms with van der Waals surface area (Å²) in [5.74, 6) is 0.672. The summed E-state index contributed by atoms with van der Waals surface area (Å²) in [5.41, 5.74) is 5.62. The Morgan fingerprint density at radius 1 is 0.872 bits per heavy atom. The minimum Gasteiger partial charge on any atom is -0.391 e. The van der Waals surface area contributed by atoms with Gasteiger partial charge in [-0.3, -0.25) is 4.90 Å². The summed E-state index contributed by atoms with van der Waals surface area (Å²) in [6.45, 7) is 0.801. The van der Waals surface area contributed by atoms with Crippen LogP contribution in [0.4, 0.5) is 11.5 Å². The molecule has 238 valence electrons. The number of fused-ring (bicyclic) bond motifs is 4. The van der Waals surface area contributed by atoms with E-state index < -0.39 is 10.0 Å². The zero-order valence-electron chi connectivity index (χ0n) is 26.0. The Hall–Kier alpha value is -4.61. The fourth-order valence-electron chi connectivity index (χ4n) is 7.27. The van der Waals surface area contributed by atoms with Crippen molar-refractivity contribution in [1.29, 1.82) is 0 Å². The van der Waals surface area contributed by atoms with Gasteiger partial charge in [-0.15, -0.1) is 0 Å². The van der Waals surface area contributed by atoms with Crippen molar-refractivity contribution in [3.8, 4) is 11.1 Å². The summed E-state index contributed by atoms with van der Waals surface area (Å²) in [6, 6.07) is 31.8. The summed E-state index contributed by atoms with van der Waals surface area (Å²) in [4.78, 5) is 11.6. The Kier molecular flexibility index (Phi) is 7.52. The molecule has 0 amide bonds. The van der Waals surface area contributed by atoms with Gasteiger partial charge in [0.1, 0.15) is 12.1 Å². The molecular formula is C37H36N6O3S. The van der Waals surface area contributed by atoms with E-state index in [2.05, 4.69) is 68.9 Å². The number of piperidine rings is 1. The molecule has 0 aliphatic carbocycles. The third-order valence-electron chi connectivity index (χ3n) is 9.87. The van der Waals surface area contributed by atoms with E-state index >= 15 is 0 Å². The van der Waals surface area contributed by atoms with E-state index in [1.807, 2.05) is 24.3 Å². The normalized spacial score (nSPS) is 21.4. The standard InChI is InChI=1S/C37H36N6O3S/c1-42-30-19-29(20-35(42)36(44)21-30)38-22-24-7-9-25(10-8-24)26-11-13-33-32(18-26)37(40-23-39-33)41-28-12-14-34-27(17-28)15-16-43(34)47(45,46)31-5-3-2-4-6-31/h2-18,23,29-30,35-36,38,44H,19-22H2,1H3,(H,39,40,41). The molecule has 2 fully saturated rings. The highest BCUT2D eigenvalue weighted by Crippen LogP contribution is 2.35. The van der Waals surface area contributed by atoms with Crippen LogP contribution in [0.25, 0.3) is 32.9 Å². The maximum atomic E-state index is 13.3. The van der Waals surface area contributed by atoms with E-state index in [-0.39, 0.29) is 17.0 Å². The van der Waals surface area contributed by atoms with Crippen LogP contribution in [0.15, 0.2) is 114 Å². The van der Waals surface area contributed by atoms with Crippen LogP contribution in [-0.2, 0) is 16.6 Å². The third-order valence-corrected chi connectivity index (χ3v) is 11.6. The number of hydrogen-bond acceptors (Lipinski definition) is 8. The molecule has 0 spiro atoms. The lowest BCUT2D eigenvalue weighted by atomic mass is 9.97. The van der Waals surface area contributed by atoms with Crippen molar-refractivity contribution in [3.63, 3.8) is 0 Å². The molecule has 2 bridgehead atoms. The number of nitrogens with one attached hydrogen (secondary N) is 2. The molecule has 2 saturated heterocycles. The number of hydrogen-bond donors (Lipinski definition) is 3. The molecular weight excluding hydrogens is 609 g/mol. The summed E-state index contributed by atoms with van der Waals surface area (Å²) >= 11 is 0. The van der Waals surface area contributed by atoms with Crippen molar-refractivity contribution in [1.82, 2.24) is 24.2 Å². The number of benzene rings is 4. The average molecular weight is 645 g/mol. The lowest BCUT2D eigenvalue weighted by molar-refractivity contribution is 0.0889. The van der Waals surface area contributed by atoms with Crippen molar-refractivity contribution in [3.05, 3.63) is 115 Å². The van der Waals surface area contributed by atoms with Gasteiger partial charge < -0.3 is 15.7 Å². The van der Waals surface area contributed by atoms with Crippen molar-refractivity contribution in [2.75, 3.05) is 12.4 Å². The summed E-state index contributed by atoms with van der Waals surface area (Å²) in [5, 5.41) is 19.2. The van der Waals surface area contributed by atoms with Crippen LogP contribution < -0.4 is 10.6 Å². The van der Waals surface area contributed by atoms with Gasteiger partial charge >= 0.3 is 0 Å². The van der Waals surface area contributed by atoms with Gasteiger partial charge in [-0.1, -0.05) is 48.5 Å². The SMILES string of the molecule is CN1C2CC(NCc3ccc(-c4ccc5ncnc(Nc6ccc7c(ccn7S(=O)(=O)c7ccccc7)c6)c5c4)cc3)CC1C(O)C2. The first-order valence-corrected chi connectivity index (χ1v) is 17.4. The number of aliphatic hydroxyl groups excluding tert-OH is 1. The Bertz CT molecular complexity index is 2190. The molecule has 4 heterocycles. The molecule has 3 N–H and O–H groups in total. The van der Waals surface area contributed by atoms with Gasteiger partial charge in [-0.2, -0.15) is 0 Å². The maximum Gasteiger partial charge on any atom is 0.268 e. The van der Waals surface area contributed by atoms with E-state index in [0.717, 1.165) is 58.9 Å². The number of aromatic nitrogens is 3. The molecule has 4 atom stereocenters. The predicted octanol–water partition coefficient (Wildman–Crippen LogP) is 5.92. The second-order valence-electron chi connectivity index (χ2n) is 12.7. The predicted molar refractivity (Wildman–Crippen MR) is 185 cm³/mol. The van der Waals surface area contributed by atoms with E-state index in [1.165, 1.54) is 9.54 Å². The Morgan fingerprint density at radius 3 is 2.49 bits per heavy atom. The van der Waals surface area contributed by atoms with Gasteiger partial charge in [0.25, 0.3) is 10.0 Å². The number of nitrogens with zero attached hydrogens (tertiary/aromatic N) is 4. The molecule has 2 aliphatic heterocycles. The van der Waals surface area contributed by atoms with Crippen LogP contribution in [0.5, 0.6) is 0 Å². The van der Waals surface area contributed by atoms with Gasteiger partial charge in [0.05, 0.1) is 22.0 Å². The molecule has 0 radical (unpaired) electrons. The second kappa shape index (κ2) is 11.9. The van der Waals surface area contributed by atoms with Crippen LogP contribution >= 0.6 is 0 Å². The highest BCUT2D eigenvalue weighted by molar-refractivity contribution is 7.90. The second-order valence-corrected chi connectivity index (χ2v) is 14.5. The van der Waals surface area contributed by atoms with Gasteiger partial charge in [0.2, 0.25) is 0 Å². The Morgan fingerprint density at radius 2 is 1.68 bits per heavy atom. The summed E-state index contributed by atoms with van der Waals surface area (Å²) in [7, 11) is -1.57. The van der Waals surface area contributed by atoms with E-state index in [1.54, 1.807) is 48.9 Å². The van der Waals surface area contributed by atoms with Gasteiger partial charge in [0.15, 0.2) is 0 Å². The molecule has 0 saturated carbocycles. The molecule has 8 rings (SSSR count). The molecule has 47 heavy (non-hydrogen) atoms. The topological polar surface area (TPSA) is 112 Å². The van der Waals surface area contributed by atoms with Crippen LogP contribution in [0.2, 0.25) is 0 Å². The summed E-state index contributed by atoms with van der Waals surface area (Å²) in [6.07, 6.45) is 5.87. The number of aliphatic hydroxyl groups is 1. The first-order valence-electron chi connectivity index (χ1n) is 16.0. The minimum absolute atomic E-state index is 0.207. The van der Waals surface area contributed by atoms with Crippen molar-refractivity contribution in [2.45, 2.75) is 54.9 Å². The fourth-order valence-corrected chi connectivity index (χ4v) is 8.65.